The van der Waals surface area contributed by atoms with Crippen LogP contribution in [-0.2, 0) is 11.3 Å². The largest absolute Gasteiger partial charge is 0.459 e. The Morgan fingerprint density at radius 1 is 1.21 bits per heavy atom. The number of nitrogens with zero attached hydrogens (tertiary/aromatic N) is 1. The Labute approximate surface area is 139 Å². The fourth-order valence-electron chi connectivity index (χ4n) is 2.85. The smallest absolute Gasteiger partial charge is 0.294 e. The highest BCUT2D eigenvalue weighted by atomic mass is 16.3. The molecular weight excluding hydrogens is 304 g/mol. The van der Waals surface area contributed by atoms with E-state index in [1.807, 2.05) is 43.3 Å². The summed E-state index contributed by atoms with van der Waals surface area (Å²) in [7, 11) is 0. The molecule has 1 N–H and O–H groups in total. The summed E-state index contributed by atoms with van der Waals surface area (Å²) < 4.78 is 6.76. The van der Waals surface area contributed by atoms with Crippen molar-refractivity contribution in [1.82, 2.24) is 9.88 Å². The molecule has 0 aliphatic carbocycles. The molecule has 0 aliphatic heterocycles. The van der Waals surface area contributed by atoms with Gasteiger partial charge in [0.25, 0.3) is 5.56 Å². The minimum absolute atomic E-state index is 0.0178. The second-order valence-corrected chi connectivity index (χ2v) is 5.68. The zero-order valence-electron chi connectivity index (χ0n) is 13.6. The van der Waals surface area contributed by atoms with Gasteiger partial charge in [0.1, 0.15) is 0 Å². The van der Waals surface area contributed by atoms with Crippen LogP contribution in [0.2, 0.25) is 0 Å². The maximum atomic E-state index is 12.4. The Morgan fingerprint density at radius 2 is 2.00 bits per heavy atom. The van der Waals surface area contributed by atoms with Crippen LogP contribution in [0.25, 0.3) is 11.0 Å². The number of pyridine rings is 1. The molecule has 1 unspecified atom stereocenters. The summed E-state index contributed by atoms with van der Waals surface area (Å²) in [6.45, 7) is 2.80. The summed E-state index contributed by atoms with van der Waals surface area (Å²) in [5.41, 5.74) is 1.17. The molecule has 3 aromatic rings. The maximum Gasteiger partial charge on any atom is 0.294 e. The zero-order valence-corrected chi connectivity index (χ0v) is 13.6. The lowest BCUT2D eigenvalue weighted by atomic mass is 9.96. The third-order valence-electron chi connectivity index (χ3n) is 4.16. The van der Waals surface area contributed by atoms with Gasteiger partial charge in [-0.3, -0.25) is 9.59 Å². The van der Waals surface area contributed by atoms with Crippen molar-refractivity contribution in [1.29, 1.82) is 0 Å². The average Bonchev–Trinajstić information content (AvgIpc) is 3.08. The van der Waals surface area contributed by atoms with Gasteiger partial charge in [-0.15, -0.1) is 0 Å². The van der Waals surface area contributed by atoms with Gasteiger partial charge in [-0.05, 0) is 24.1 Å². The maximum absolute atomic E-state index is 12.4. The van der Waals surface area contributed by atoms with Crippen LogP contribution in [0.5, 0.6) is 0 Å². The zero-order chi connectivity index (χ0) is 16.9. The Kier molecular flexibility index (Phi) is 4.79. The van der Waals surface area contributed by atoms with E-state index in [0.29, 0.717) is 18.7 Å². The van der Waals surface area contributed by atoms with Crippen molar-refractivity contribution in [3.8, 4) is 0 Å². The highest BCUT2D eigenvalue weighted by Crippen LogP contribution is 2.19. The standard InChI is InChI=1S/C19H20N2O3/c1-2-16(14-6-4-3-5-7-14)18(22)20-10-12-21-11-8-15-9-13-24-17(15)19(21)23/h3-9,11,13,16H,2,10,12H2,1H3,(H,20,22). The first kappa shape index (κ1) is 16.1. The van der Waals surface area contributed by atoms with E-state index in [4.69, 9.17) is 4.42 Å². The first-order valence-electron chi connectivity index (χ1n) is 8.10. The Morgan fingerprint density at radius 3 is 2.75 bits per heavy atom. The quantitative estimate of drug-likeness (QED) is 0.758. The molecule has 0 saturated heterocycles. The van der Waals surface area contributed by atoms with Crippen LogP contribution in [0.3, 0.4) is 0 Å². The van der Waals surface area contributed by atoms with Crippen LogP contribution < -0.4 is 10.9 Å². The number of amides is 1. The van der Waals surface area contributed by atoms with Crippen LogP contribution in [0.15, 0.2) is 64.1 Å². The molecule has 2 heterocycles. The Bertz CT molecular complexity index is 880. The highest BCUT2D eigenvalue weighted by molar-refractivity contribution is 5.83. The van der Waals surface area contributed by atoms with Crippen LogP contribution in [-0.4, -0.2) is 17.0 Å². The Hall–Kier alpha value is -2.82. The van der Waals surface area contributed by atoms with Gasteiger partial charge in [-0.25, -0.2) is 0 Å². The minimum Gasteiger partial charge on any atom is -0.459 e. The Balaban J connectivity index is 1.63. The van der Waals surface area contributed by atoms with Gasteiger partial charge in [-0.2, -0.15) is 0 Å². The molecule has 0 aliphatic rings. The molecule has 0 fully saturated rings. The van der Waals surface area contributed by atoms with E-state index in [9.17, 15) is 9.59 Å². The van der Waals surface area contributed by atoms with E-state index in [1.165, 1.54) is 6.26 Å². The lowest BCUT2D eigenvalue weighted by molar-refractivity contribution is -0.122. The van der Waals surface area contributed by atoms with E-state index in [2.05, 4.69) is 5.32 Å². The van der Waals surface area contributed by atoms with Crippen LogP contribution in [0.1, 0.15) is 24.8 Å². The number of rotatable bonds is 6. The number of aromatic nitrogens is 1. The third-order valence-corrected chi connectivity index (χ3v) is 4.16. The summed E-state index contributed by atoms with van der Waals surface area (Å²) >= 11 is 0. The van der Waals surface area contributed by atoms with E-state index in [-0.39, 0.29) is 17.4 Å². The predicted molar refractivity (Wildman–Crippen MR) is 93.0 cm³/mol. The predicted octanol–water partition coefficient (Wildman–Crippen LogP) is 2.90. The summed E-state index contributed by atoms with van der Waals surface area (Å²) in [4.78, 5) is 24.6. The molecule has 1 aromatic carbocycles. The van der Waals surface area contributed by atoms with Crippen molar-refractivity contribution in [2.24, 2.45) is 0 Å². The number of furan rings is 1. The third kappa shape index (κ3) is 3.25. The van der Waals surface area contributed by atoms with Gasteiger partial charge in [0, 0.05) is 24.7 Å². The number of benzene rings is 1. The van der Waals surface area contributed by atoms with E-state index in [0.717, 1.165) is 17.4 Å². The molecule has 3 rings (SSSR count). The highest BCUT2D eigenvalue weighted by Gasteiger charge is 2.17. The summed E-state index contributed by atoms with van der Waals surface area (Å²) in [5.74, 6) is -0.189. The molecule has 0 radical (unpaired) electrons. The summed E-state index contributed by atoms with van der Waals surface area (Å²) in [5, 5.41) is 3.71. The molecule has 124 valence electrons. The molecule has 1 amide bonds. The fraction of sp³-hybridized carbons (Fsp3) is 0.263. The van der Waals surface area contributed by atoms with Gasteiger partial charge in [-0.1, -0.05) is 37.3 Å². The minimum atomic E-state index is -0.179. The topological polar surface area (TPSA) is 64.2 Å². The molecule has 2 aromatic heterocycles. The van der Waals surface area contributed by atoms with E-state index in [1.54, 1.807) is 16.8 Å². The van der Waals surface area contributed by atoms with Crippen LogP contribution in [0, 0.1) is 0 Å². The normalized spacial score (nSPS) is 12.2. The van der Waals surface area contributed by atoms with Gasteiger partial charge < -0.3 is 14.3 Å². The van der Waals surface area contributed by atoms with Crippen molar-refractivity contribution < 1.29 is 9.21 Å². The lowest BCUT2D eigenvalue weighted by Gasteiger charge is -2.15. The molecule has 5 heteroatoms. The first-order valence-corrected chi connectivity index (χ1v) is 8.10. The van der Waals surface area contributed by atoms with Crippen molar-refractivity contribution in [3.05, 3.63) is 70.8 Å². The van der Waals surface area contributed by atoms with Crippen LogP contribution >= 0.6 is 0 Å². The number of nitrogens with one attached hydrogen (secondary N) is 1. The molecule has 0 spiro atoms. The van der Waals surface area contributed by atoms with Crippen molar-refractivity contribution >= 4 is 16.9 Å². The van der Waals surface area contributed by atoms with Crippen molar-refractivity contribution in [2.75, 3.05) is 6.54 Å². The van der Waals surface area contributed by atoms with Gasteiger partial charge in [0.15, 0.2) is 5.58 Å². The summed E-state index contributed by atoms with van der Waals surface area (Å²) in [6.07, 6.45) is 3.96. The average molecular weight is 324 g/mol. The number of carbonyl (C=O) groups excluding carboxylic acids is 1. The summed E-state index contributed by atoms with van der Waals surface area (Å²) in [6, 6.07) is 13.3. The van der Waals surface area contributed by atoms with Crippen molar-refractivity contribution in [2.45, 2.75) is 25.8 Å². The molecular formula is C19H20N2O3. The monoisotopic (exact) mass is 324 g/mol. The van der Waals surface area contributed by atoms with Crippen molar-refractivity contribution in [3.63, 3.8) is 0 Å². The SMILES string of the molecule is CCC(C(=O)NCCn1ccc2ccoc2c1=O)c1ccccc1. The number of carbonyl (C=O) groups is 1. The molecule has 0 saturated carbocycles. The van der Waals surface area contributed by atoms with Gasteiger partial charge in [0.05, 0.1) is 12.2 Å². The van der Waals surface area contributed by atoms with Gasteiger partial charge in [0.2, 0.25) is 5.91 Å². The number of fused-ring (bicyclic) bond motifs is 1. The first-order chi connectivity index (χ1) is 11.7. The second kappa shape index (κ2) is 7.17. The number of hydrogen-bond donors (Lipinski definition) is 1. The lowest BCUT2D eigenvalue weighted by Crippen LogP contribution is -2.33. The molecule has 0 bridgehead atoms. The molecule has 1 atom stereocenters. The molecule has 5 nitrogen and oxygen atoms in total. The molecule has 24 heavy (non-hydrogen) atoms. The second-order valence-electron chi connectivity index (χ2n) is 5.68. The fourth-order valence-corrected chi connectivity index (χ4v) is 2.85. The number of hydrogen-bond acceptors (Lipinski definition) is 3. The van der Waals surface area contributed by atoms with E-state index < -0.39 is 0 Å². The van der Waals surface area contributed by atoms with E-state index >= 15 is 0 Å². The van der Waals surface area contributed by atoms with Crippen LogP contribution in [0.4, 0.5) is 0 Å². The van der Waals surface area contributed by atoms with Gasteiger partial charge >= 0.3 is 0 Å².